The third-order valence-electron chi connectivity index (χ3n) is 6.59. The van der Waals surface area contributed by atoms with Crippen molar-refractivity contribution >= 4 is 49.5 Å². The van der Waals surface area contributed by atoms with Gasteiger partial charge in [-0.25, -0.2) is 8.42 Å². The van der Waals surface area contributed by atoms with Gasteiger partial charge < -0.3 is 9.64 Å². The molecule has 0 radical (unpaired) electrons. The van der Waals surface area contributed by atoms with Crippen molar-refractivity contribution in [1.82, 2.24) is 9.21 Å². The van der Waals surface area contributed by atoms with E-state index in [4.69, 9.17) is 4.74 Å². The fourth-order valence-corrected chi connectivity index (χ4v) is 7.60. The van der Waals surface area contributed by atoms with Gasteiger partial charge in [-0.2, -0.15) is 4.31 Å². The number of carbonyl (C=O) groups is 3. The highest BCUT2D eigenvalue weighted by atomic mass is 32.2. The number of amides is 1. The van der Waals surface area contributed by atoms with Crippen molar-refractivity contribution in [1.29, 1.82) is 0 Å². The number of benzene rings is 2. The lowest BCUT2D eigenvalue weighted by molar-refractivity contribution is -0.151. The summed E-state index contributed by atoms with van der Waals surface area (Å²) in [6, 6.07) is 11.6. The van der Waals surface area contributed by atoms with Crippen molar-refractivity contribution in [3.63, 3.8) is 0 Å². The van der Waals surface area contributed by atoms with Gasteiger partial charge in [0.25, 0.3) is 0 Å². The van der Waals surface area contributed by atoms with E-state index < -0.39 is 16.1 Å². The van der Waals surface area contributed by atoms with E-state index in [1.807, 2.05) is 24.3 Å². The summed E-state index contributed by atoms with van der Waals surface area (Å²) < 4.78 is 33.8. The molecule has 188 valence electrons. The first-order valence-corrected chi connectivity index (χ1v) is 14.2. The molecule has 2 aliphatic heterocycles. The molecule has 2 atom stereocenters. The van der Waals surface area contributed by atoms with Crippen molar-refractivity contribution in [3.8, 4) is 0 Å². The second-order valence-electron chi connectivity index (χ2n) is 8.92. The molecule has 8 nitrogen and oxygen atoms in total. The third-order valence-corrected chi connectivity index (χ3v) is 9.47. The topological polar surface area (TPSA) is 101 Å². The van der Waals surface area contributed by atoms with Crippen LogP contribution >= 0.6 is 11.8 Å². The van der Waals surface area contributed by atoms with Gasteiger partial charge in [-0.15, -0.1) is 0 Å². The maximum Gasteiger partial charge on any atom is 0.309 e. The van der Waals surface area contributed by atoms with Crippen LogP contribution in [0.1, 0.15) is 33.1 Å². The van der Waals surface area contributed by atoms with E-state index in [0.29, 0.717) is 32.5 Å². The average Bonchev–Trinajstić information content (AvgIpc) is 3.27. The van der Waals surface area contributed by atoms with E-state index in [0.717, 1.165) is 22.5 Å². The van der Waals surface area contributed by atoms with Crippen molar-refractivity contribution < 1.29 is 27.5 Å². The summed E-state index contributed by atoms with van der Waals surface area (Å²) in [7, 11) is -3.98. The molecule has 0 saturated carbocycles. The molecule has 0 spiro atoms. The SMILES string of the molecule is CCOC(=O)C1CCN(C(=O)[C@@H]2C[C@H](SC(C)=O)CN2S(=O)(=O)c2ccc3ccccc3c2)CC1. The van der Waals surface area contributed by atoms with Crippen LogP contribution in [0.25, 0.3) is 10.8 Å². The Morgan fingerprint density at radius 3 is 2.40 bits per heavy atom. The summed E-state index contributed by atoms with van der Waals surface area (Å²) in [5, 5.41) is 1.32. The lowest BCUT2D eigenvalue weighted by Gasteiger charge is -2.34. The quantitative estimate of drug-likeness (QED) is 0.542. The Hall–Kier alpha value is -2.43. The molecular weight excluding hydrogens is 488 g/mol. The van der Waals surface area contributed by atoms with Crippen LogP contribution in [0.15, 0.2) is 47.4 Å². The van der Waals surface area contributed by atoms with E-state index in [1.165, 1.54) is 11.2 Å². The molecule has 0 aromatic heterocycles. The molecule has 35 heavy (non-hydrogen) atoms. The lowest BCUT2D eigenvalue weighted by Crippen LogP contribution is -2.50. The molecule has 0 bridgehead atoms. The minimum absolute atomic E-state index is 0.0924. The van der Waals surface area contributed by atoms with Gasteiger partial charge in [0.15, 0.2) is 5.12 Å². The Labute approximate surface area is 210 Å². The fraction of sp³-hybridized carbons (Fsp3) is 0.480. The van der Waals surface area contributed by atoms with E-state index in [1.54, 1.807) is 30.0 Å². The number of rotatable bonds is 6. The highest BCUT2D eigenvalue weighted by molar-refractivity contribution is 8.14. The number of likely N-dealkylation sites (tertiary alicyclic amines) is 1. The molecule has 2 aromatic rings. The molecule has 2 fully saturated rings. The zero-order chi connectivity index (χ0) is 25.2. The van der Waals surface area contributed by atoms with Crippen LogP contribution in [-0.4, -0.2) is 72.1 Å². The van der Waals surface area contributed by atoms with Crippen LogP contribution in [-0.2, 0) is 29.1 Å². The van der Waals surface area contributed by atoms with Gasteiger partial charge in [-0.05, 0) is 49.1 Å². The van der Waals surface area contributed by atoms with Crippen molar-refractivity contribution in [2.45, 2.75) is 49.3 Å². The van der Waals surface area contributed by atoms with Gasteiger partial charge in [-0.3, -0.25) is 14.4 Å². The molecule has 0 aliphatic carbocycles. The Balaban J connectivity index is 1.57. The Morgan fingerprint density at radius 2 is 1.74 bits per heavy atom. The van der Waals surface area contributed by atoms with Crippen LogP contribution in [0.2, 0.25) is 0 Å². The van der Waals surface area contributed by atoms with Crippen molar-refractivity contribution in [2.24, 2.45) is 5.92 Å². The number of hydrogen-bond acceptors (Lipinski definition) is 7. The average molecular weight is 519 g/mol. The predicted octanol–water partition coefficient (Wildman–Crippen LogP) is 3.05. The minimum Gasteiger partial charge on any atom is -0.466 e. The number of thioether (sulfide) groups is 1. The molecule has 0 N–H and O–H groups in total. The largest absolute Gasteiger partial charge is 0.466 e. The van der Waals surface area contributed by atoms with E-state index in [9.17, 15) is 22.8 Å². The van der Waals surface area contributed by atoms with E-state index >= 15 is 0 Å². The number of sulfonamides is 1. The molecule has 4 rings (SSSR count). The Morgan fingerprint density at radius 1 is 1.06 bits per heavy atom. The maximum absolute atomic E-state index is 13.7. The maximum atomic E-state index is 13.7. The third kappa shape index (κ3) is 5.54. The minimum atomic E-state index is -3.98. The summed E-state index contributed by atoms with van der Waals surface area (Å²) in [5.41, 5.74) is 0. The lowest BCUT2D eigenvalue weighted by atomic mass is 9.96. The van der Waals surface area contributed by atoms with Crippen molar-refractivity contribution in [3.05, 3.63) is 42.5 Å². The molecule has 0 unspecified atom stereocenters. The zero-order valence-corrected chi connectivity index (χ0v) is 21.5. The van der Waals surface area contributed by atoms with E-state index in [2.05, 4.69) is 0 Å². The number of esters is 1. The van der Waals surface area contributed by atoms with Crippen LogP contribution < -0.4 is 0 Å². The second kappa shape index (κ2) is 10.7. The molecule has 2 heterocycles. The first kappa shape index (κ1) is 25.7. The summed E-state index contributed by atoms with van der Waals surface area (Å²) in [6.45, 7) is 4.35. The molecule has 10 heteroatoms. The Bertz CT molecular complexity index is 1220. The number of carbonyl (C=O) groups excluding carboxylic acids is 3. The van der Waals surface area contributed by atoms with Crippen molar-refractivity contribution in [2.75, 3.05) is 26.2 Å². The summed E-state index contributed by atoms with van der Waals surface area (Å²) in [4.78, 5) is 39.1. The number of fused-ring (bicyclic) bond motifs is 1. The van der Waals surface area contributed by atoms with Gasteiger partial charge in [-0.1, -0.05) is 42.1 Å². The standard InChI is InChI=1S/C25H30N2O6S2/c1-3-33-25(30)19-10-12-26(13-11-19)24(29)23-15-21(34-17(2)28)16-27(23)35(31,32)22-9-8-18-6-4-5-7-20(18)14-22/h4-9,14,19,21,23H,3,10-13,15-16H2,1-2H3/t21-,23-/m0/s1. The smallest absolute Gasteiger partial charge is 0.309 e. The number of ether oxygens (including phenoxy) is 1. The molecule has 2 saturated heterocycles. The number of nitrogens with zero attached hydrogens (tertiary/aromatic N) is 2. The van der Waals surface area contributed by atoms with Crippen LogP contribution in [0.5, 0.6) is 0 Å². The van der Waals surface area contributed by atoms with Gasteiger partial charge in [0, 0.05) is 31.8 Å². The Kier molecular flexibility index (Phi) is 7.83. The molecule has 1 amide bonds. The number of piperidine rings is 1. The van der Waals surface area contributed by atoms with Crippen LogP contribution in [0, 0.1) is 5.92 Å². The molecule has 2 aliphatic rings. The van der Waals surface area contributed by atoms with Gasteiger partial charge >= 0.3 is 5.97 Å². The fourth-order valence-electron chi connectivity index (χ4n) is 4.85. The first-order chi connectivity index (χ1) is 16.7. The highest BCUT2D eigenvalue weighted by Crippen LogP contribution is 2.35. The molecule has 2 aromatic carbocycles. The number of hydrogen-bond donors (Lipinski definition) is 0. The van der Waals surface area contributed by atoms with Gasteiger partial charge in [0.2, 0.25) is 15.9 Å². The summed E-state index contributed by atoms with van der Waals surface area (Å²) in [5.74, 6) is -0.775. The van der Waals surface area contributed by atoms with Crippen LogP contribution in [0.3, 0.4) is 0 Å². The normalized spacial score (nSPS) is 21.8. The van der Waals surface area contributed by atoms with Gasteiger partial charge in [0.05, 0.1) is 17.4 Å². The van der Waals surface area contributed by atoms with Crippen LogP contribution in [0.4, 0.5) is 0 Å². The monoisotopic (exact) mass is 518 g/mol. The molecular formula is C25H30N2O6S2. The zero-order valence-electron chi connectivity index (χ0n) is 19.9. The summed E-state index contributed by atoms with van der Waals surface area (Å²) >= 11 is 1.08. The second-order valence-corrected chi connectivity index (χ2v) is 12.3. The first-order valence-electron chi connectivity index (χ1n) is 11.8. The van der Waals surface area contributed by atoms with Gasteiger partial charge in [0.1, 0.15) is 6.04 Å². The summed E-state index contributed by atoms with van der Waals surface area (Å²) in [6.07, 6.45) is 1.24. The predicted molar refractivity (Wildman–Crippen MR) is 134 cm³/mol. The highest BCUT2D eigenvalue weighted by Gasteiger charge is 2.46. The van der Waals surface area contributed by atoms with E-state index in [-0.39, 0.29) is 46.0 Å².